The molecule has 2 heterocycles. The van der Waals surface area contributed by atoms with Crippen molar-refractivity contribution in [1.82, 2.24) is 14.6 Å². The molecule has 3 rings (SSSR count). The molecule has 0 aliphatic carbocycles. The number of aryl methyl sites for hydroxylation is 1. The van der Waals surface area contributed by atoms with Gasteiger partial charge in [-0.05, 0) is 12.5 Å². The molecule has 2 aromatic heterocycles. The van der Waals surface area contributed by atoms with E-state index >= 15 is 0 Å². The Bertz CT molecular complexity index is 746. The molecule has 4 nitrogen and oxygen atoms in total. The van der Waals surface area contributed by atoms with E-state index in [1.165, 1.54) is 27.5 Å². The van der Waals surface area contributed by atoms with E-state index in [-0.39, 0.29) is 5.56 Å². The van der Waals surface area contributed by atoms with E-state index in [9.17, 15) is 4.79 Å². The summed E-state index contributed by atoms with van der Waals surface area (Å²) in [7, 11) is 0. The summed E-state index contributed by atoms with van der Waals surface area (Å²) in [5.41, 5.74) is 1.80. The molecular formula is C13H11N3OS. The molecule has 0 amide bonds. The van der Waals surface area contributed by atoms with E-state index in [0.717, 1.165) is 17.1 Å². The van der Waals surface area contributed by atoms with Crippen LogP contribution < -0.4 is 5.56 Å². The van der Waals surface area contributed by atoms with E-state index in [4.69, 9.17) is 0 Å². The predicted molar refractivity (Wildman–Crippen MR) is 71.1 cm³/mol. The average molecular weight is 257 g/mol. The van der Waals surface area contributed by atoms with Crippen LogP contribution >= 0.6 is 11.3 Å². The summed E-state index contributed by atoms with van der Waals surface area (Å²) >= 11 is 1.46. The lowest BCUT2D eigenvalue weighted by molar-refractivity contribution is 0.859. The lowest BCUT2D eigenvalue weighted by Crippen LogP contribution is -2.14. The van der Waals surface area contributed by atoms with Gasteiger partial charge in [-0.15, -0.1) is 0 Å². The van der Waals surface area contributed by atoms with Gasteiger partial charge in [0.15, 0.2) is 0 Å². The lowest BCUT2D eigenvalue weighted by atomic mass is 10.2. The normalized spacial score (nSPS) is 10.9. The monoisotopic (exact) mass is 257 g/mol. The minimum absolute atomic E-state index is 0.118. The van der Waals surface area contributed by atoms with Gasteiger partial charge in [-0.25, -0.2) is 4.98 Å². The van der Waals surface area contributed by atoms with Crippen LogP contribution in [-0.4, -0.2) is 14.6 Å². The zero-order valence-corrected chi connectivity index (χ0v) is 10.6. The molecule has 0 radical (unpaired) electrons. The molecule has 90 valence electrons. The molecule has 0 aliphatic rings. The van der Waals surface area contributed by atoms with Crippen LogP contribution in [0, 0.1) is 6.92 Å². The Morgan fingerprint density at radius 1 is 1.28 bits per heavy atom. The molecule has 3 aromatic rings. The topological polar surface area (TPSA) is 47.3 Å². The predicted octanol–water partition coefficient (Wildman–Crippen LogP) is 2.05. The van der Waals surface area contributed by atoms with Crippen molar-refractivity contribution in [3.63, 3.8) is 0 Å². The van der Waals surface area contributed by atoms with Crippen molar-refractivity contribution in [2.45, 2.75) is 13.3 Å². The molecule has 0 N–H and O–H groups in total. The summed E-state index contributed by atoms with van der Waals surface area (Å²) in [4.78, 5) is 16.7. The number of hydrogen-bond donors (Lipinski definition) is 0. The molecule has 0 saturated heterocycles. The smallest absolute Gasteiger partial charge is 0.267 e. The first-order valence-electron chi connectivity index (χ1n) is 5.63. The van der Waals surface area contributed by atoms with E-state index in [1.54, 1.807) is 0 Å². The van der Waals surface area contributed by atoms with Crippen LogP contribution in [0.2, 0.25) is 0 Å². The molecule has 0 unspecified atom stereocenters. The number of hydrogen-bond acceptors (Lipinski definition) is 4. The van der Waals surface area contributed by atoms with Crippen LogP contribution in [0.5, 0.6) is 0 Å². The van der Waals surface area contributed by atoms with Gasteiger partial charge >= 0.3 is 0 Å². The highest BCUT2D eigenvalue weighted by Gasteiger charge is 2.07. The molecule has 0 atom stereocenters. The minimum atomic E-state index is -0.118. The average Bonchev–Trinajstić information content (AvgIpc) is 2.73. The Hall–Kier alpha value is -2.01. The summed E-state index contributed by atoms with van der Waals surface area (Å²) in [6.45, 7) is 1.82. The molecule has 0 bridgehead atoms. The number of aromatic nitrogens is 3. The van der Waals surface area contributed by atoms with E-state index < -0.39 is 0 Å². The second-order valence-electron chi connectivity index (χ2n) is 4.09. The van der Waals surface area contributed by atoms with Gasteiger partial charge in [-0.3, -0.25) is 4.79 Å². The fourth-order valence-electron chi connectivity index (χ4n) is 1.80. The third-order valence-corrected chi connectivity index (χ3v) is 3.52. The van der Waals surface area contributed by atoms with Gasteiger partial charge in [0.2, 0.25) is 4.96 Å². The quantitative estimate of drug-likeness (QED) is 0.706. The van der Waals surface area contributed by atoms with E-state index in [1.807, 2.05) is 37.3 Å². The highest BCUT2D eigenvalue weighted by molar-refractivity contribution is 7.16. The van der Waals surface area contributed by atoms with Crippen molar-refractivity contribution in [2.75, 3.05) is 0 Å². The van der Waals surface area contributed by atoms with Gasteiger partial charge in [-0.2, -0.15) is 9.61 Å². The van der Waals surface area contributed by atoms with Crippen molar-refractivity contribution in [1.29, 1.82) is 0 Å². The third kappa shape index (κ3) is 2.04. The summed E-state index contributed by atoms with van der Waals surface area (Å²) < 4.78 is 1.37. The number of fused-ring (bicyclic) bond motifs is 1. The third-order valence-electron chi connectivity index (χ3n) is 2.61. The summed E-state index contributed by atoms with van der Waals surface area (Å²) in [5, 5.41) is 5.21. The largest absolute Gasteiger partial charge is 0.275 e. The zero-order valence-electron chi connectivity index (χ0n) is 9.83. The first kappa shape index (κ1) is 11.1. The number of benzene rings is 1. The van der Waals surface area contributed by atoms with Crippen LogP contribution in [0.1, 0.15) is 16.3 Å². The molecule has 0 spiro atoms. The van der Waals surface area contributed by atoms with Crippen LogP contribution in [0.15, 0.2) is 41.2 Å². The zero-order chi connectivity index (χ0) is 12.5. The Balaban J connectivity index is 2.04. The summed E-state index contributed by atoms with van der Waals surface area (Å²) in [5.74, 6) is 0. The Morgan fingerprint density at radius 2 is 2.06 bits per heavy atom. The highest BCUT2D eigenvalue weighted by atomic mass is 32.1. The van der Waals surface area contributed by atoms with Gasteiger partial charge in [0.1, 0.15) is 5.01 Å². The first-order chi connectivity index (χ1) is 8.72. The van der Waals surface area contributed by atoms with E-state index in [0.29, 0.717) is 4.96 Å². The standard InChI is InChI=1S/C13H11N3OS/c1-9-7-12(17)16-13(14-9)18-11(15-16)8-10-5-3-2-4-6-10/h2-7H,8H2,1H3. The number of nitrogens with zero attached hydrogens (tertiary/aromatic N) is 3. The summed E-state index contributed by atoms with van der Waals surface area (Å²) in [6.07, 6.45) is 0.730. The fraction of sp³-hybridized carbons (Fsp3) is 0.154. The maximum atomic E-state index is 11.7. The van der Waals surface area contributed by atoms with Crippen molar-refractivity contribution >= 4 is 16.3 Å². The Labute approximate surface area is 108 Å². The molecule has 0 saturated carbocycles. The van der Waals surface area contributed by atoms with Crippen LogP contribution in [-0.2, 0) is 6.42 Å². The van der Waals surface area contributed by atoms with Crippen LogP contribution in [0.3, 0.4) is 0 Å². The van der Waals surface area contributed by atoms with E-state index in [2.05, 4.69) is 10.1 Å². The minimum Gasteiger partial charge on any atom is -0.267 e. The van der Waals surface area contributed by atoms with Gasteiger partial charge in [-0.1, -0.05) is 41.7 Å². The maximum Gasteiger partial charge on any atom is 0.275 e. The van der Waals surface area contributed by atoms with Crippen molar-refractivity contribution < 1.29 is 0 Å². The second kappa shape index (κ2) is 4.34. The Morgan fingerprint density at radius 3 is 2.83 bits per heavy atom. The van der Waals surface area contributed by atoms with Crippen LogP contribution in [0.25, 0.3) is 4.96 Å². The molecular weight excluding hydrogens is 246 g/mol. The van der Waals surface area contributed by atoms with Gasteiger partial charge in [0.05, 0.1) is 0 Å². The van der Waals surface area contributed by atoms with Crippen molar-refractivity contribution in [3.8, 4) is 0 Å². The molecule has 0 fully saturated rings. The first-order valence-corrected chi connectivity index (χ1v) is 6.44. The lowest BCUT2D eigenvalue weighted by Gasteiger charge is -1.94. The Kier molecular flexibility index (Phi) is 2.68. The van der Waals surface area contributed by atoms with Crippen molar-refractivity contribution in [2.24, 2.45) is 0 Å². The molecule has 1 aromatic carbocycles. The van der Waals surface area contributed by atoms with Crippen LogP contribution in [0.4, 0.5) is 0 Å². The molecule has 5 heteroatoms. The van der Waals surface area contributed by atoms with Crippen molar-refractivity contribution in [3.05, 3.63) is 63.0 Å². The van der Waals surface area contributed by atoms with Gasteiger partial charge in [0, 0.05) is 18.2 Å². The van der Waals surface area contributed by atoms with Gasteiger partial charge < -0.3 is 0 Å². The maximum absolute atomic E-state index is 11.7. The fourth-order valence-corrected chi connectivity index (χ4v) is 2.78. The summed E-state index contributed by atoms with van der Waals surface area (Å²) in [6, 6.07) is 11.6. The SMILES string of the molecule is Cc1cc(=O)n2nc(Cc3ccccc3)sc2n1. The second-order valence-corrected chi connectivity index (χ2v) is 5.13. The molecule has 0 aliphatic heterocycles. The molecule has 18 heavy (non-hydrogen) atoms. The number of rotatable bonds is 2. The highest BCUT2D eigenvalue weighted by Crippen LogP contribution is 2.15. The van der Waals surface area contributed by atoms with Gasteiger partial charge in [0.25, 0.3) is 5.56 Å².